The normalized spacial score (nSPS) is 10.6. The molecule has 4 aromatic carbocycles. The van der Waals surface area contributed by atoms with Crippen molar-refractivity contribution < 1.29 is 17.9 Å². The third-order valence-corrected chi connectivity index (χ3v) is 6.49. The van der Waals surface area contributed by atoms with Crippen LogP contribution in [0.5, 0.6) is 17.2 Å². The first-order valence-corrected chi connectivity index (χ1v) is 11.6. The second-order valence-corrected chi connectivity index (χ2v) is 9.17. The molecule has 164 valence electrons. The van der Waals surface area contributed by atoms with Crippen molar-refractivity contribution in [1.29, 1.82) is 0 Å². The molecule has 0 fully saturated rings. The standard InChI is InChI=1S/C20H18O4S.C7H8/c1-15-3-11-19(12-4-15)25(21,22)20-13-9-18(10-14-20)24-17-7-5-16(23-2)6-8-17;1-7-5-3-2-4-6-7/h3-14H,1-2H3;2-6H,1H3. The topological polar surface area (TPSA) is 52.6 Å². The molecule has 4 nitrogen and oxygen atoms in total. The highest BCUT2D eigenvalue weighted by molar-refractivity contribution is 7.91. The fourth-order valence-electron chi connectivity index (χ4n) is 2.85. The lowest BCUT2D eigenvalue weighted by Gasteiger charge is -2.08. The minimum atomic E-state index is -3.53. The smallest absolute Gasteiger partial charge is 0.206 e. The first-order valence-electron chi connectivity index (χ1n) is 10.1. The van der Waals surface area contributed by atoms with E-state index in [1.165, 1.54) is 5.56 Å². The number of sulfone groups is 1. The largest absolute Gasteiger partial charge is 0.497 e. The lowest BCUT2D eigenvalue weighted by atomic mass is 10.2. The summed E-state index contributed by atoms with van der Waals surface area (Å²) in [5, 5.41) is 0. The van der Waals surface area contributed by atoms with Crippen LogP contribution in [0.2, 0.25) is 0 Å². The second-order valence-electron chi connectivity index (χ2n) is 7.22. The molecule has 0 radical (unpaired) electrons. The second kappa shape index (κ2) is 10.6. The van der Waals surface area contributed by atoms with Gasteiger partial charge in [-0.25, -0.2) is 8.42 Å². The van der Waals surface area contributed by atoms with E-state index in [2.05, 4.69) is 19.1 Å². The van der Waals surface area contributed by atoms with Gasteiger partial charge in [0, 0.05) is 0 Å². The van der Waals surface area contributed by atoms with Crippen LogP contribution in [0.15, 0.2) is 113 Å². The van der Waals surface area contributed by atoms with E-state index in [0.717, 1.165) is 11.3 Å². The van der Waals surface area contributed by atoms with Gasteiger partial charge in [-0.1, -0.05) is 53.6 Å². The molecule has 0 aliphatic carbocycles. The monoisotopic (exact) mass is 446 g/mol. The van der Waals surface area contributed by atoms with E-state index in [9.17, 15) is 8.42 Å². The Balaban J connectivity index is 0.000000352. The molecule has 0 saturated heterocycles. The van der Waals surface area contributed by atoms with Gasteiger partial charge in [0.15, 0.2) is 0 Å². The molecule has 0 heterocycles. The van der Waals surface area contributed by atoms with Gasteiger partial charge in [-0.2, -0.15) is 0 Å². The molecular formula is C27H26O4S. The molecule has 4 aromatic rings. The number of rotatable bonds is 5. The van der Waals surface area contributed by atoms with Crippen LogP contribution in [0.1, 0.15) is 11.1 Å². The Bertz CT molecular complexity index is 1210. The van der Waals surface area contributed by atoms with E-state index in [0.29, 0.717) is 11.5 Å². The average Bonchev–Trinajstić information content (AvgIpc) is 2.81. The van der Waals surface area contributed by atoms with Crippen LogP contribution in [0.4, 0.5) is 0 Å². The zero-order chi connectivity index (χ0) is 23.0. The predicted molar refractivity (Wildman–Crippen MR) is 127 cm³/mol. The molecule has 0 unspecified atom stereocenters. The molecule has 32 heavy (non-hydrogen) atoms. The van der Waals surface area contributed by atoms with Crippen LogP contribution in [0.3, 0.4) is 0 Å². The Morgan fingerprint density at radius 2 is 0.938 bits per heavy atom. The minimum Gasteiger partial charge on any atom is -0.497 e. The van der Waals surface area contributed by atoms with E-state index in [1.54, 1.807) is 79.9 Å². The Hall–Kier alpha value is -3.57. The summed E-state index contributed by atoms with van der Waals surface area (Å²) in [6.45, 7) is 4.00. The van der Waals surface area contributed by atoms with E-state index in [1.807, 2.05) is 25.1 Å². The molecule has 0 N–H and O–H groups in total. The third-order valence-electron chi connectivity index (χ3n) is 4.70. The quantitative estimate of drug-likeness (QED) is 0.345. The summed E-state index contributed by atoms with van der Waals surface area (Å²) in [5.74, 6) is 1.95. The van der Waals surface area contributed by atoms with Crippen LogP contribution in [0, 0.1) is 13.8 Å². The summed E-state index contributed by atoms with van der Waals surface area (Å²) in [7, 11) is -1.93. The maximum absolute atomic E-state index is 12.6. The first kappa shape index (κ1) is 23.1. The van der Waals surface area contributed by atoms with Gasteiger partial charge in [0.2, 0.25) is 9.84 Å². The molecule has 0 aliphatic heterocycles. The highest BCUT2D eigenvalue weighted by Gasteiger charge is 2.17. The fraction of sp³-hybridized carbons (Fsp3) is 0.111. The van der Waals surface area contributed by atoms with Gasteiger partial charge in [-0.3, -0.25) is 0 Å². The van der Waals surface area contributed by atoms with Crippen molar-refractivity contribution in [2.75, 3.05) is 7.11 Å². The number of hydrogen-bond acceptors (Lipinski definition) is 4. The van der Waals surface area contributed by atoms with Crippen LogP contribution >= 0.6 is 0 Å². The van der Waals surface area contributed by atoms with Crippen LogP contribution in [-0.2, 0) is 9.84 Å². The van der Waals surface area contributed by atoms with Crippen molar-refractivity contribution in [1.82, 2.24) is 0 Å². The zero-order valence-electron chi connectivity index (χ0n) is 18.4. The minimum absolute atomic E-state index is 0.235. The highest BCUT2D eigenvalue weighted by Crippen LogP contribution is 2.27. The molecule has 0 amide bonds. The average molecular weight is 447 g/mol. The van der Waals surface area contributed by atoms with Gasteiger partial charge in [0.25, 0.3) is 0 Å². The summed E-state index contributed by atoms with van der Waals surface area (Å²) in [4.78, 5) is 0.514. The summed E-state index contributed by atoms with van der Waals surface area (Å²) in [6.07, 6.45) is 0. The van der Waals surface area contributed by atoms with Crippen molar-refractivity contribution in [2.24, 2.45) is 0 Å². The zero-order valence-corrected chi connectivity index (χ0v) is 19.2. The molecule has 0 bridgehead atoms. The van der Waals surface area contributed by atoms with Gasteiger partial charge in [0.05, 0.1) is 16.9 Å². The van der Waals surface area contributed by atoms with Crippen molar-refractivity contribution in [2.45, 2.75) is 23.6 Å². The van der Waals surface area contributed by atoms with Gasteiger partial charge >= 0.3 is 0 Å². The molecule has 0 spiro atoms. The fourth-order valence-corrected chi connectivity index (χ4v) is 4.12. The van der Waals surface area contributed by atoms with Crippen LogP contribution in [-0.4, -0.2) is 15.5 Å². The summed E-state index contributed by atoms with van der Waals surface area (Å²) in [6, 6.07) is 30.6. The van der Waals surface area contributed by atoms with Crippen molar-refractivity contribution in [3.63, 3.8) is 0 Å². The van der Waals surface area contributed by atoms with Crippen LogP contribution < -0.4 is 9.47 Å². The maximum Gasteiger partial charge on any atom is 0.206 e. The van der Waals surface area contributed by atoms with E-state index in [-0.39, 0.29) is 9.79 Å². The number of benzene rings is 4. The van der Waals surface area contributed by atoms with Crippen molar-refractivity contribution in [3.8, 4) is 17.2 Å². The first-order chi connectivity index (χ1) is 15.4. The van der Waals surface area contributed by atoms with Crippen molar-refractivity contribution in [3.05, 3.63) is 114 Å². The summed E-state index contributed by atoms with van der Waals surface area (Å²) < 4.78 is 36.1. The molecular weight excluding hydrogens is 420 g/mol. The Morgan fingerprint density at radius 3 is 1.38 bits per heavy atom. The molecule has 4 rings (SSSR count). The SMILES string of the molecule is COc1ccc(Oc2ccc(S(=O)(=O)c3ccc(C)cc3)cc2)cc1.Cc1ccccc1. The molecule has 0 aromatic heterocycles. The van der Waals surface area contributed by atoms with Crippen molar-refractivity contribution >= 4 is 9.84 Å². The lowest BCUT2D eigenvalue weighted by Crippen LogP contribution is -2.01. The lowest BCUT2D eigenvalue weighted by molar-refractivity contribution is 0.413. The van der Waals surface area contributed by atoms with Gasteiger partial charge in [-0.05, 0) is 74.5 Å². The maximum atomic E-state index is 12.6. The Labute approximate surface area is 190 Å². The summed E-state index contributed by atoms with van der Waals surface area (Å²) >= 11 is 0. The molecule has 0 saturated carbocycles. The van der Waals surface area contributed by atoms with E-state index < -0.39 is 9.84 Å². The van der Waals surface area contributed by atoms with Gasteiger partial charge < -0.3 is 9.47 Å². The predicted octanol–water partition coefficient (Wildman–Crippen LogP) is 6.62. The van der Waals surface area contributed by atoms with E-state index in [4.69, 9.17) is 9.47 Å². The molecule has 0 atom stereocenters. The van der Waals surface area contributed by atoms with Crippen LogP contribution in [0.25, 0.3) is 0 Å². The highest BCUT2D eigenvalue weighted by atomic mass is 32.2. The number of ether oxygens (including phenoxy) is 2. The molecule has 0 aliphatic rings. The summed E-state index contributed by atoms with van der Waals surface area (Å²) in [5.41, 5.74) is 2.34. The number of hydrogen-bond donors (Lipinski definition) is 0. The Kier molecular flexibility index (Phi) is 7.68. The number of methoxy groups -OCH3 is 1. The third kappa shape index (κ3) is 6.22. The Morgan fingerprint density at radius 1 is 0.531 bits per heavy atom. The molecule has 5 heteroatoms. The van der Waals surface area contributed by atoms with Gasteiger partial charge in [-0.15, -0.1) is 0 Å². The number of aryl methyl sites for hydroxylation is 2. The van der Waals surface area contributed by atoms with Gasteiger partial charge in [0.1, 0.15) is 17.2 Å². The van der Waals surface area contributed by atoms with E-state index >= 15 is 0 Å².